The average molecular weight is 460 g/mol. The van der Waals surface area contributed by atoms with Gasteiger partial charge in [-0.15, -0.1) is 0 Å². The highest BCUT2D eigenvalue weighted by molar-refractivity contribution is 6.02. The molecule has 0 saturated heterocycles. The maximum Gasteiger partial charge on any atom is 0.254 e. The second-order valence-corrected chi connectivity index (χ2v) is 9.49. The summed E-state index contributed by atoms with van der Waals surface area (Å²) >= 11 is 0. The van der Waals surface area contributed by atoms with Crippen molar-refractivity contribution in [1.82, 2.24) is 15.2 Å². The van der Waals surface area contributed by atoms with Crippen molar-refractivity contribution in [3.63, 3.8) is 0 Å². The lowest BCUT2D eigenvalue weighted by atomic mass is 9.79. The van der Waals surface area contributed by atoms with E-state index in [0.29, 0.717) is 18.7 Å². The van der Waals surface area contributed by atoms with Gasteiger partial charge in [-0.25, -0.2) is 0 Å². The van der Waals surface area contributed by atoms with Crippen LogP contribution in [0.4, 0.5) is 0 Å². The van der Waals surface area contributed by atoms with Gasteiger partial charge in [0.05, 0.1) is 18.6 Å². The van der Waals surface area contributed by atoms with E-state index in [1.54, 1.807) is 7.11 Å². The first kappa shape index (κ1) is 22.7. The van der Waals surface area contributed by atoms with E-state index in [0.717, 1.165) is 47.7 Å². The molecule has 0 bridgehead atoms. The first-order chi connectivity index (χ1) is 16.7. The van der Waals surface area contributed by atoms with Crippen LogP contribution in [-0.4, -0.2) is 48.0 Å². The smallest absolute Gasteiger partial charge is 0.254 e. The maximum atomic E-state index is 14.0. The van der Waals surface area contributed by atoms with E-state index in [1.165, 1.54) is 12.8 Å². The highest BCUT2D eigenvalue weighted by atomic mass is 16.5. The SMILES string of the molecule is COCCN1C(=O)c2ccccc2C(C(=O)NC2CCCCCC2)C1c1c[nH]c2ccccc12. The molecule has 2 N–H and O–H groups in total. The molecule has 0 radical (unpaired) electrons. The van der Waals surface area contributed by atoms with Crippen LogP contribution in [0, 0.1) is 0 Å². The summed E-state index contributed by atoms with van der Waals surface area (Å²) in [7, 11) is 1.64. The zero-order chi connectivity index (χ0) is 23.5. The quantitative estimate of drug-likeness (QED) is 0.513. The van der Waals surface area contributed by atoms with Gasteiger partial charge >= 0.3 is 0 Å². The predicted molar refractivity (Wildman–Crippen MR) is 133 cm³/mol. The fourth-order valence-corrected chi connectivity index (χ4v) is 5.71. The number of methoxy groups -OCH3 is 1. The molecule has 1 fully saturated rings. The van der Waals surface area contributed by atoms with Crippen LogP contribution in [0.15, 0.2) is 54.7 Å². The summed E-state index contributed by atoms with van der Waals surface area (Å²) in [6, 6.07) is 15.4. The Morgan fingerprint density at radius 3 is 2.56 bits per heavy atom. The number of nitrogens with zero attached hydrogens (tertiary/aromatic N) is 1. The topological polar surface area (TPSA) is 74.4 Å². The van der Waals surface area contributed by atoms with Gasteiger partial charge in [-0.3, -0.25) is 9.59 Å². The highest BCUT2D eigenvalue weighted by Crippen LogP contribution is 2.45. The number of hydrogen-bond acceptors (Lipinski definition) is 3. The first-order valence-corrected chi connectivity index (χ1v) is 12.4. The molecular weight excluding hydrogens is 426 g/mol. The van der Waals surface area contributed by atoms with Gasteiger partial charge in [-0.2, -0.15) is 0 Å². The van der Waals surface area contributed by atoms with Crippen LogP contribution in [0.3, 0.4) is 0 Å². The van der Waals surface area contributed by atoms with Crippen molar-refractivity contribution in [2.45, 2.75) is 56.5 Å². The lowest BCUT2D eigenvalue weighted by Crippen LogP contribution is -2.49. The van der Waals surface area contributed by atoms with E-state index in [4.69, 9.17) is 4.74 Å². The van der Waals surface area contributed by atoms with Crippen molar-refractivity contribution in [3.05, 3.63) is 71.4 Å². The summed E-state index contributed by atoms with van der Waals surface area (Å²) in [6.45, 7) is 0.824. The van der Waals surface area contributed by atoms with E-state index in [1.807, 2.05) is 53.6 Å². The van der Waals surface area contributed by atoms with E-state index in [9.17, 15) is 9.59 Å². The molecule has 178 valence electrons. The average Bonchev–Trinajstić information content (AvgIpc) is 3.12. The second-order valence-electron chi connectivity index (χ2n) is 9.49. The monoisotopic (exact) mass is 459 g/mol. The van der Waals surface area contributed by atoms with Crippen LogP contribution in [0.1, 0.15) is 72.0 Å². The molecule has 2 heterocycles. The van der Waals surface area contributed by atoms with Crippen molar-refractivity contribution >= 4 is 22.7 Å². The molecule has 5 rings (SSSR count). The van der Waals surface area contributed by atoms with Crippen LogP contribution in [-0.2, 0) is 9.53 Å². The summed E-state index contributed by atoms with van der Waals surface area (Å²) in [6.07, 6.45) is 8.76. The lowest BCUT2D eigenvalue weighted by molar-refractivity contribution is -0.125. The van der Waals surface area contributed by atoms with E-state index in [-0.39, 0.29) is 17.9 Å². The van der Waals surface area contributed by atoms with Crippen molar-refractivity contribution in [2.24, 2.45) is 0 Å². The molecule has 2 unspecified atom stereocenters. The molecular formula is C28H33N3O3. The van der Waals surface area contributed by atoms with Gasteiger partial charge in [0.25, 0.3) is 5.91 Å². The Hall–Kier alpha value is -3.12. The van der Waals surface area contributed by atoms with Gasteiger partial charge in [0.1, 0.15) is 0 Å². The van der Waals surface area contributed by atoms with Crippen LogP contribution in [0.25, 0.3) is 10.9 Å². The number of rotatable bonds is 6. The maximum absolute atomic E-state index is 14.0. The Bertz CT molecular complexity index is 1160. The number of para-hydroxylation sites is 1. The fraction of sp³-hybridized carbons (Fsp3) is 0.429. The van der Waals surface area contributed by atoms with Crippen LogP contribution in [0.5, 0.6) is 0 Å². The molecule has 34 heavy (non-hydrogen) atoms. The summed E-state index contributed by atoms with van der Waals surface area (Å²) < 4.78 is 5.36. The number of carbonyl (C=O) groups excluding carboxylic acids is 2. The third-order valence-electron chi connectivity index (χ3n) is 7.40. The number of benzene rings is 2. The number of nitrogens with one attached hydrogen (secondary N) is 2. The van der Waals surface area contributed by atoms with Gasteiger partial charge in [-0.1, -0.05) is 62.1 Å². The normalized spacial score (nSPS) is 21.3. The number of H-pyrrole nitrogens is 1. The molecule has 2 aromatic carbocycles. The molecule has 0 spiro atoms. The van der Waals surface area contributed by atoms with E-state index in [2.05, 4.69) is 16.4 Å². The molecule has 1 aliphatic heterocycles. The Balaban J connectivity index is 1.61. The minimum absolute atomic E-state index is 0.00421. The summed E-state index contributed by atoms with van der Waals surface area (Å²) in [5, 5.41) is 4.42. The number of fused-ring (bicyclic) bond motifs is 2. The summed E-state index contributed by atoms with van der Waals surface area (Å²) in [4.78, 5) is 32.9. The standard InChI is InChI=1S/C28H33N3O3/c1-34-17-16-31-26(23-18-29-24-15-9-8-12-20(23)24)25(21-13-6-7-14-22(21)28(31)33)27(32)30-19-10-4-2-3-5-11-19/h6-9,12-15,18-19,25-26,29H,2-5,10-11,16-17H2,1H3,(H,30,32). The molecule has 2 atom stereocenters. The molecule has 1 aromatic heterocycles. The van der Waals surface area contributed by atoms with Gasteiger partial charge in [0, 0.05) is 47.9 Å². The molecule has 6 nitrogen and oxygen atoms in total. The number of aromatic amines is 1. The lowest BCUT2D eigenvalue weighted by Gasteiger charge is -2.42. The molecule has 3 aromatic rings. The number of aromatic nitrogens is 1. The third kappa shape index (κ3) is 4.23. The Morgan fingerprint density at radius 2 is 1.76 bits per heavy atom. The van der Waals surface area contributed by atoms with Gasteiger partial charge < -0.3 is 19.9 Å². The van der Waals surface area contributed by atoms with E-state index < -0.39 is 12.0 Å². The van der Waals surface area contributed by atoms with Crippen LogP contribution in [0.2, 0.25) is 0 Å². The molecule has 2 amide bonds. The summed E-state index contributed by atoms with van der Waals surface area (Å²) in [5.74, 6) is -0.542. The first-order valence-electron chi connectivity index (χ1n) is 12.4. The zero-order valence-electron chi connectivity index (χ0n) is 19.8. The highest BCUT2D eigenvalue weighted by Gasteiger charge is 2.45. The molecule has 6 heteroatoms. The molecule has 1 saturated carbocycles. The van der Waals surface area contributed by atoms with Crippen molar-refractivity contribution in [3.8, 4) is 0 Å². The van der Waals surface area contributed by atoms with Crippen molar-refractivity contribution in [1.29, 1.82) is 0 Å². The minimum atomic E-state index is -0.492. The largest absolute Gasteiger partial charge is 0.383 e. The number of hydrogen-bond donors (Lipinski definition) is 2. The molecule has 1 aliphatic carbocycles. The van der Waals surface area contributed by atoms with Gasteiger partial charge in [-0.05, 0) is 30.5 Å². The fourth-order valence-electron chi connectivity index (χ4n) is 5.71. The van der Waals surface area contributed by atoms with Crippen molar-refractivity contribution < 1.29 is 14.3 Å². The predicted octanol–water partition coefficient (Wildman–Crippen LogP) is 4.93. The number of amides is 2. The Kier molecular flexibility index (Phi) is 6.68. The van der Waals surface area contributed by atoms with Gasteiger partial charge in [0.2, 0.25) is 5.91 Å². The third-order valence-corrected chi connectivity index (χ3v) is 7.40. The molecule has 2 aliphatic rings. The number of ether oxygens (including phenoxy) is 1. The number of carbonyl (C=O) groups is 2. The van der Waals surface area contributed by atoms with Crippen molar-refractivity contribution in [2.75, 3.05) is 20.3 Å². The van der Waals surface area contributed by atoms with Crippen LogP contribution < -0.4 is 5.32 Å². The second kappa shape index (κ2) is 10.0. The summed E-state index contributed by atoms with van der Waals surface area (Å²) in [5.41, 5.74) is 3.38. The Morgan fingerprint density at radius 1 is 1.03 bits per heavy atom. The minimum Gasteiger partial charge on any atom is -0.383 e. The Labute approximate surface area is 200 Å². The van der Waals surface area contributed by atoms with Crippen LogP contribution >= 0.6 is 0 Å². The van der Waals surface area contributed by atoms with E-state index >= 15 is 0 Å². The van der Waals surface area contributed by atoms with Gasteiger partial charge in [0.15, 0.2) is 0 Å². The zero-order valence-corrected chi connectivity index (χ0v) is 19.8.